The van der Waals surface area contributed by atoms with Crippen molar-refractivity contribution in [3.05, 3.63) is 23.5 Å². The van der Waals surface area contributed by atoms with Crippen molar-refractivity contribution in [1.29, 1.82) is 0 Å². The minimum Gasteiger partial charge on any atom is -0.502 e. The van der Waals surface area contributed by atoms with Gasteiger partial charge < -0.3 is 14.6 Å². The van der Waals surface area contributed by atoms with Crippen molar-refractivity contribution in [3.8, 4) is 11.5 Å². The van der Waals surface area contributed by atoms with E-state index in [9.17, 15) is 14.3 Å². The zero-order valence-electron chi connectivity index (χ0n) is 8.41. The first-order valence-corrected chi connectivity index (χ1v) is 4.34. The third-order valence-electron chi connectivity index (χ3n) is 1.79. The molecule has 0 saturated heterocycles. The van der Waals surface area contributed by atoms with E-state index in [1.165, 1.54) is 19.2 Å². The van der Waals surface area contributed by atoms with Crippen molar-refractivity contribution in [3.63, 3.8) is 0 Å². The number of rotatable bonds is 3. The van der Waals surface area contributed by atoms with E-state index in [1.54, 1.807) is 6.92 Å². The summed E-state index contributed by atoms with van der Waals surface area (Å²) in [5.41, 5.74) is -0.310. The second-order valence-corrected chi connectivity index (χ2v) is 2.70. The second-order valence-electron chi connectivity index (χ2n) is 2.70. The van der Waals surface area contributed by atoms with Crippen molar-refractivity contribution >= 4 is 5.97 Å². The molecule has 1 aromatic rings. The third-order valence-corrected chi connectivity index (χ3v) is 1.79. The lowest BCUT2D eigenvalue weighted by atomic mass is 10.2. The molecule has 15 heavy (non-hydrogen) atoms. The maximum absolute atomic E-state index is 13.4. The minimum atomic E-state index is -1.03. The molecule has 4 nitrogen and oxygen atoms in total. The van der Waals surface area contributed by atoms with Crippen LogP contribution in [-0.4, -0.2) is 24.8 Å². The predicted octanol–water partition coefficient (Wildman–Crippen LogP) is 1.72. The molecule has 0 heterocycles. The van der Waals surface area contributed by atoms with Crippen LogP contribution in [0.4, 0.5) is 4.39 Å². The number of esters is 1. The fourth-order valence-corrected chi connectivity index (χ4v) is 1.08. The number of ether oxygens (including phenoxy) is 2. The van der Waals surface area contributed by atoms with Crippen LogP contribution in [0.25, 0.3) is 0 Å². The average molecular weight is 214 g/mol. The van der Waals surface area contributed by atoms with Crippen LogP contribution >= 0.6 is 0 Å². The lowest BCUT2D eigenvalue weighted by Gasteiger charge is -2.07. The van der Waals surface area contributed by atoms with Gasteiger partial charge in [0, 0.05) is 0 Å². The zero-order valence-corrected chi connectivity index (χ0v) is 8.41. The van der Waals surface area contributed by atoms with E-state index in [2.05, 4.69) is 9.47 Å². The summed E-state index contributed by atoms with van der Waals surface area (Å²) in [6.45, 7) is 1.75. The highest BCUT2D eigenvalue weighted by molar-refractivity contribution is 5.90. The van der Waals surface area contributed by atoms with Crippen molar-refractivity contribution in [2.24, 2.45) is 0 Å². The molecule has 1 rings (SSSR count). The van der Waals surface area contributed by atoms with Gasteiger partial charge in [0.25, 0.3) is 0 Å². The van der Waals surface area contributed by atoms with Gasteiger partial charge in [-0.15, -0.1) is 0 Å². The lowest BCUT2D eigenvalue weighted by Crippen LogP contribution is -2.07. The molecule has 0 bridgehead atoms. The number of benzene rings is 1. The Morgan fingerprint density at radius 3 is 2.73 bits per heavy atom. The highest BCUT2D eigenvalue weighted by atomic mass is 19.1. The SMILES string of the molecule is CCOC(=O)c1ccc(OC)c(O)c1F. The quantitative estimate of drug-likeness (QED) is 0.778. The molecule has 0 fully saturated rings. The molecule has 0 aromatic heterocycles. The molecular weight excluding hydrogens is 203 g/mol. The summed E-state index contributed by atoms with van der Waals surface area (Å²) >= 11 is 0. The Morgan fingerprint density at radius 1 is 1.53 bits per heavy atom. The molecule has 5 heteroatoms. The van der Waals surface area contributed by atoms with Crippen molar-refractivity contribution in [2.75, 3.05) is 13.7 Å². The number of carbonyl (C=O) groups excluding carboxylic acids is 1. The Kier molecular flexibility index (Phi) is 3.49. The van der Waals surface area contributed by atoms with Gasteiger partial charge in [0.15, 0.2) is 17.3 Å². The van der Waals surface area contributed by atoms with Gasteiger partial charge in [-0.25, -0.2) is 9.18 Å². The summed E-state index contributed by atoms with van der Waals surface area (Å²) in [6.07, 6.45) is 0. The number of aromatic hydroxyl groups is 1. The summed E-state index contributed by atoms with van der Waals surface area (Å²) in [5.74, 6) is -2.57. The van der Waals surface area contributed by atoms with Crippen molar-refractivity contribution in [1.82, 2.24) is 0 Å². The number of halogens is 1. The van der Waals surface area contributed by atoms with Crippen LogP contribution in [-0.2, 0) is 4.74 Å². The zero-order chi connectivity index (χ0) is 11.4. The van der Waals surface area contributed by atoms with E-state index in [0.717, 1.165) is 0 Å². The summed E-state index contributed by atoms with van der Waals surface area (Å²) in [7, 11) is 1.29. The van der Waals surface area contributed by atoms with Gasteiger partial charge in [0.05, 0.1) is 19.3 Å². The Morgan fingerprint density at radius 2 is 2.20 bits per heavy atom. The lowest BCUT2D eigenvalue weighted by molar-refractivity contribution is 0.0520. The van der Waals surface area contributed by atoms with Crippen LogP contribution in [0.5, 0.6) is 11.5 Å². The van der Waals surface area contributed by atoms with Gasteiger partial charge >= 0.3 is 5.97 Å². The van der Waals surface area contributed by atoms with Crippen LogP contribution in [0.3, 0.4) is 0 Å². The van der Waals surface area contributed by atoms with Crippen LogP contribution in [0.1, 0.15) is 17.3 Å². The number of phenolic OH excluding ortho intramolecular Hbond substituents is 1. The molecule has 0 amide bonds. The topological polar surface area (TPSA) is 55.8 Å². The van der Waals surface area contributed by atoms with E-state index in [-0.39, 0.29) is 17.9 Å². The summed E-state index contributed by atoms with van der Waals surface area (Å²) in [5, 5.41) is 9.29. The van der Waals surface area contributed by atoms with Crippen LogP contribution in [0.15, 0.2) is 12.1 Å². The molecule has 0 saturated carbocycles. The largest absolute Gasteiger partial charge is 0.502 e. The number of phenols is 1. The van der Waals surface area contributed by atoms with Gasteiger partial charge in [-0.05, 0) is 19.1 Å². The normalized spacial score (nSPS) is 9.80. The van der Waals surface area contributed by atoms with Crippen LogP contribution in [0, 0.1) is 5.82 Å². The first kappa shape index (κ1) is 11.3. The van der Waals surface area contributed by atoms with Gasteiger partial charge in [0.1, 0.15) is 0 Å². The fraction of sp³-hybridized carbons (Fsp3) is 0.300. The van der Waals surface area contributed by atoms with Gasteiger partial charge in [0.2, 0.25) is 0 Å². The van der Waals surface area contributed by atoms with E-state index in [1.807, 2.05) is 0 Å². The van der Waals surface area contributed by atoms with Gasteiger partial charge in [-0.3, -0.25) is 0 Å². The number of hydrogen-bond donors (Lipinski definition) is 1. The van der Waals surface area contributed by atoms with Crippen LogP contribution in [0.2, 0.25) is 0 Å². The third kappa shape index (κ3) is 2.18. The second kappa shape index (κ2) is 4.63. The highest BCUT2D eigenvalue weighted by Gasteiger charge is 2.19. The average Bonchev–Trinajstić information content (AvgIpc) is 2.22. The molecule has 0 aliphatic carbocycles. The number of methoxy groups -OCH3 is 1. The van der Waals surface area contributed by atoms with E-state index in [0.29, 0.717) is 0 Å². The summed E-state index contributed by atoms with van der Waals surface area (Å²) in [4.78, 5) is 11.2. The standard InChI is InChI=1S/C10H11FO4/c1-3-15-10(13)6-4-5-7(14-2)9(12)8(6)11/h4-5,12H,3H2,1-2H3. The molecule has 82 valence electrons. The Balaban J connectivity index is 3.11. The molecule has 0 aliphatic rings. The van der Waals surface area contributed by atoms with Gasteiger partial charge in [-0.2, -0.15) is 0 Å². The molecular formula is C10H11FO4. The summed E-state index contributed by atoms with van der Waals surface area (Å²) in [6, 6.07) is 2.50. The van der Waals surface area contributed by atoms with Crippen molar-refractivity contribution in [2.45, 2.75) is 6.92 Å². The first-order chi connectivity index (χ1) is 7.11. The Hall–Kier alpha value is -1.78. The molecule has 0 unspecified atom stereocenters. The maximum atomic E-state index is 13.4. The fourth-order valence-electron chi connectivity index (χ4n) is 1.08. The minimum absolute atomic E-state index is 0.0273. The smallest absolute Gasteiger partial charge is 0.341 e. The number of hydrogen-bond acceptors (Lipinski definition) is 4. The van der Waals surface area contributed by atoms with E-state index < -0.39 is 17.5 Å². The molecule has 0 spiro atoms. The molecule has 1 N–H and O–H groups in total. The first-order valence-electron chi connectivity index (χ1n) is 4.34. The Bertz CT molecular complexity index is 376. The molecule has 0 radical (unpaired) electrons. The molecule has 1 aromatic carbocycles. The highest BCUT2D eigenvalue weighted by Crippen LogP contribution is 2.30. The van der Waals surface area contributed by atoms with Crippen molar-refractivity contribution < 1.29 is 23.8 Å². The summed E-state index contributed by atoms with van der Waals surface area (Å²) < 4.78 is 22.7. The monoisotopic (exact) mass is 214 g/mol. The van der Waals surface area contributed by atoms with Crippen LogP contribution < -0.4 is 4.74 Å². The Labute approximate surface area is 86.2 Å². The maximum Gasteiger partial charge on any atom is 0.341 e. The van der Waals surface area contributed by atoms with E-state index in [4.69, 9.17) is 0 Å². The molecule has 0 aliphatic heterocycles. The van der Waals surface area contributed by atoms with Gasteiger partial charge in [-0.1, -0.05) is 0 Å². The number of carbonyl (C=O) groups is 1. The van der Waals surface area contributed by atoms with E-state index >= 15 is 0 Å². The molecule has 0 atom stereocenters. The predicted molar refractivity (Wildman–Crippen MR) is 50.6 cm³/mol.